The third kappa shape index (κ3) is 7.10. The molecule has 2 aromatic carbocycles. The van der Waals surface area contributed by atoms with Crippen molar-refractivity contribution in [3.63, 3.8) is 0 Å². The molecule has 9 nitrogen and oxygen atoms in total. The van der Waals surface area contributed by atoms with Crippen LogP contribution in [0.15, 0.2) is 54.6 Å². The fourth-order valence-corrected chi connectivity index (χ4v) is 6.95. The summed E-state index contributed by atoms with van der Waals surface area (Å²) in [4.78, 5) is 37.2. The largest absolute Gasteiger partial charge is 0.394 e. The summed E-state index contributed by atoms with van der Waals surface area (Å²) >= 11 is 0. The first-order valence-corrected chi connectivity index (χ1v) is 13.8. The van der Waals surface area contributed by atoms with Crippen LogP contribution in [0.25, 0.3) is 0 Å². The Hall–Kier alpha value is -2.92. The number of hydrogen-bond acceptors (Lipinski definition) is 6. The molecular weight excluding hydrogens is 494 g/mol. The summed E-state index contributed by atoms with van der Waals surface area (Å²) in [7, 11) is -3.34. The second-order valence-corrected chi connectivity index (χ2v) is 12.4. The Morgan fingerprint density at radius 1 is 1.00 bits per heavy atom. The molecule has 3 amide bonds. The number of amides is 3. The van der Waals surface area contributed by atoms with E-state index in [4.69, 9.17) is 0 Å². The molecule has 0 aromatic heterocycles. The van der Waals surface area contributed by atoms with Crippen LogP contribution in [-0.2, 0) is 27.2 Å². The first-order chi connectivity index (χ1) is 17.3. The quantitative estimate of drug-likeness (QED) is 0.337. The highest BCUT2D eigenvalue weighted by Crippen LogP contribution is 2.65. The van der Waals surface area contributed by atoms with E-state index >= 15 is 0 Å². The Kier molecular flexibility index (Phi) is 9.01. The van der Waals surface area contributed by atoms with Crippen LogP contribution < -0.4 is 10.6 Å². The van der Waals surface area contributed by atoms with Crippen molar-refractivity contribution in [1.82, 2.24) is 14.9 Å². The second kappa shape index (κ2) is 11.6. The van der Waals surface area contributed by atoms with Crippen LogP contribution in [0, 0.1) is 0 Å². The summed E-state index contributed by atoms with van der Waals surface area (Å²) in [6, 6.07) is 15.1. The van der Waals surface area contributed by atoms with Gasteiger partial charge in [-0.1, -0.05) is 54.6 Å². The summed E-state index contributed by atoms with van der Waals surface area (Å²) in [5, 5.41) is 14.7. The van der Waals surface area contributed by atoms with Gasteiger partial charge in [0.05, 0.1) is 24.6 Å². The minimum Gasteiger partial charge on any atom is -0.394 e. The number of aliphatic hydroxyl groups is 1. The van der Waals surface area contributed by atoms with Crippen LogP contribution in [-0.4, -0.2) is 60.5 Å². The molecule has 0 bridgehead atoms. The van der Waals surface area contributed by atoms with E-state index in [-0.39, 0.29) is 24.8 Å². The lowest BCUT2D eigenvalue weighted by atomic mass is 10.0. The maximum atomic E-state index is 13.0. The molecule has 5 N–H and O–H groups in total. The molecule has 1 aliphatic rings. The van der Waals surface area contributed by atoms with E-state index in [9.17, 15) is 28.6 Å². The summed E-state index contributed by atoms with van der Waals surface area (Å²) in [6.45, 7) is 6.35. The monoisotopic (exact) mass is 531 g/mol. The lowest BCUT2D eigenvalue weighted by Crippen LogP contribution is -2.51. The average Bonchev–Trinajstić information content (AvgIpc) is 3.07. The molecule has 1 heterocycles. The van der Waals surface area contributed by atoms with Crippen LogP contribution >= 0.6 is 10.8 Å². The van der Waals surface area contributed by atoms with Gasteiger partial charge in [-0.2, -0.15) is 0 Å². The van der Waals surface area contributed by atoms with Crippen LogP contribution in [0.3, 0.4) is 0 Å². The average molecular weight is 532 g/mol. The molecule has 1 saturated heterocycles. The third-order valence-corrected chi connectivity index (χ3v) is 8.71. The van der Waals surface area contributed by atoms with E-state index in [0.717, 1.165) is 11.1 Å². The summed E-state index contributed by atoms with van der Waals surface area (Å²) < 4.78 is 22.9. The molecular formula is C27H37N3O6S. The zero-order valence-corrected chi connectivity index (χ0v) is 22.5. The Bertz CT molecular complexity index is 1100. The van der Waals surface area contributed by atoms with Gasteiger partial charge in [0.25, 0.3) is 0 Å². The van der Waals surface area contributed by atoms with Crippen molar-refractivity contribution < 1.29 is 28.6 Å². The standard InChI is InChI=1S/C27H37N3O6S/c1-18(32)28-23(15-19-8-6-5-7-9-19)26(34)29-22(17-31)14-20-10-12-21(13-11-20)24-16-25(33)30(27(2,3)4)37(24,35)36/h5-13,22-24,31,35-36H,14-17H2,1-4H3,(H,28,32)(H,29,34)/t22?,23-,24?/m0/s1. The highest BCUT2D eigenvalue weighted by atomic mass is 32.3. The van der Waals surface area contributed by atoms with Crippen molar-refractivity contribution >= 4 is 28.5 Å². The second-order valence-electron chi connectivity index (χ2n) is 10.4. The van der Waals surface area contributed by atoms with E-state index in [1.165, 1.54) is 11.2 Å². The smallest absolute Gasteiger partial charge is 0.243 e. The zero-order chi connectivity index (χ0) is 27.4. The molecule has 202 valence electrons. The molecule has 1 aliphatic heterocycles. The lowest BCUT2D eigenvalue weighted by Gasteiger charge is -2.47. The molecule has 0 spiro atoms. The van der Waals surface area contributed by atoms with Crippen molar-refractivity contribution in [1.29, 1.82) is 0 Å². The van der Waals surface area contributed by atoms with E-state index in [2.05, 4.69) is 10.6 Å². The number of nitrogens with one attached hydrogen (secondary N) is 2. The van der Waals surface area contributed by atoms with E-state index in [1.807, 2.05) is 30.3 Å². The van der Waals surface area contributed by atoms with Crippen LogP contribution in [0.4, 0.5) is 0 Å². The summed E-state index contributed by atoms with van der Waals surface area (Å²) in [5.41, 5.74) is 1.64. The predicted octanol–water partition coefficient (Wildman–Crippen LogP) is 3.19. The minimum atomic E-state index is -3.34. The van der Waals surface area contributed by atoms with Crippen molar-refractivity contribution in [3.8, 4) is 0 Å². The van der Waals surface area contributed by atoms with Gasteiger partial charge < -0.3 is 15.7 Å². The summed E-state index contributed by atoms with van der Waals surface area (Å²) in [6.07, 6.45) is 0.659. The molecule has 0 aliphatic carbocycles. The first kappa shape index (κ1) is 28.6. The normalized spacial score (nSPS) is 19.7. The van der Waals surface area contributed by atoms with Crippen molar-refractivity contribution in [2.75, 3.05) is 6.61 Å². The Morgan fingerprint density at radius 3 is 2.11 bits per heavy atom. The van der Waals surface area contributed by atoms with Gasteiger partial charge in [0.1, 0.15) is 11.3 Å². The number of aliphatic hydroxyl groups excluding tert-OH is 1. The van der Waals surface area contributed by atoms with Gasteiger partial charge in [-0.3, -0.25) is 23.5 Å². The predicted molar refractivity (Wildman–Crippen MR) is 144 cm³/mol. The lowest BCUT2D eigenvalue weighted by molar-refractivity contribution is -0.128. The Labute approximate surface area is 219 Å². The number of benzene rings is 2. The molecule has 1 fully saturated rings. The number of rotatable bonds is 9. The fourth-order valence-electron chi connectivity index (χ4n) is 4.63. The Balaban J connectivity index is 1.68. The van der Waals surface area contributed by atoms with Gasteiger partial charge in [0.15, 0.2) is 0 Å². The topological polar surface area (TPSA) is 139 Å². The minimum absolute atomic E-state index is 0.0141. The molecule has 0 radical (unpaired) electrons. The van der Waals surface area contributed by atoms with Crippen LogP contribution in [0.5, 0.6) is 0 Å². The number of carbonyl (C=O) groups excluding carboxylic acids is 3. The number of hydrogen-bond donors (Lipinski definition) is 5. The zero-order valence-electron chi connectivity index (χ0n) is 21.7. The van der Waals surface area contributed by atoms with Crippen LogP contribution in [0.2, 0.25) is 0 Å². The number of nitrogens with zero attached hydrogens (tertiary/aromatic N) is 1. The first-order valence-electron chi connectivity index (χ1n) is 12.2. The molecule has 0 saturated carbocycles. The Morgan fingerprint density at radius 2 is 1.59 bits per heavy atom. The van der Waals surface area contributed by atoms with Gasteiger partial charge in [-0.05, 0) is 43.9 Å². The third-order valence-electron chi connectivity index (χ3n) is 6.22. The molecule has 37 heavy (non-hydrogen) atoms. The highest BCUT2D eigenvalue weighted by Gasteiger charge is 2.49. The SMILES string of the molecule is CC(=O)N[C@@H](Cc1ccccc1)C(=O)NC(CO)Cc1ccc(C2CC(=O)N(C(C)(C)C)S2(O)O)cc1. The van der Waals surface area contributed by atoms with Crippen molar-refractivity contribution in [2.45, 2.75) is 69.8 Å². The van der Waals surface area contributed by atoms with Crippen LogP contribution in [0.1, 0.15) is 56.1 Å². The molecule has 2 aromatic rings. The van der Waals surface area contributed by atoms with Crippen molar-refractivity contribution in [2.24, 2.45) is 0 Å². The fraction of sp³-hybridized carbons (Fsp3) is 0.444. The molecule has 3 rings (SSSR count). The van der Waals surface area contributed by atoms with E-state index in [0.29, 0.717) is 18.4 Å². The van der Waals surface area contributed by atoms with Crippen molar-refractivity contribution in [3.05, 3.63) is 71.3 Å². The maximum absolute atomic E-state index is 13.0. The van der Waals surface area contributed by atoms with Gasteiger partial charge in [-0.25, -0.2) is 4.31 Å². The van der Waals surface area contributed by atoms with Gasteiger partial charge in [0.2, 0.25) is 17.7 Å². The maximum Gasteiger partial charge on any atom is 0.243 e. The van der Waals surface area contributed by atoms with E-state index < -0.39 is 39.6 Å². The molecule has 2 unspecified atom stereocenters. The van der Waals surface area contributed by atoms with Gasteiger partial charge in [0, 0.05) is 13.3 Å². The molecule has 10 heteroatoms. The molecule has 3 atom stereocenters. The van der Waals surface area contributed by atoms with Gasteiger partial charge in [-0.15, -0.1) is 10.8 Å². The van der Waals surface area contributed by atoms with Gasteiger partial charge >= 0.3 is 0 Å². The van der Waals surface area contributed by atoms with E-state index in [1.54, 1.807) is 45.0 Å². The number of carbonyl (C=O) groups is 3. The summed E-state index contributed by atoms with van der Waals surface area (Å²) in [5.74, 6) is -1.02. The highest BCUT2D eigenvalue weighted by molar-refractivity contribution is 8.23.